The van der Waals surface area contributed by atoms with Crippen LogP contribution in [0.4, 0.5) is 14.9 Å². The third-order valence-electron chi connectivity index (χ3n) is 3.29. The summed E-state index contributed by atoms with van der Waals surface area (Å²) in [5.41, 5.74) is 0.992. The van der Waals surface area contributed by atoms with Gasteiger partial charge < -0.3 is 10.6 Å². The molecule has 0 saturated heterocycles. The fourth-order valence-electron chi connectivity index (χ4n) is 2.15. The Hall–Kier alpha value is -3.80. The molecule has 3 rings (SSSR count). The van der Waals surface area contributed by atoms with Gasteiger partial charge in [0, 0.05) is 18.3 Å². The van der Waals surface area contributed by atoms with E-state index in [1.165, 1.54) is 29.5 Å². The first-order valence-electron chi connectivity index (χ1n) is 7.21. The van der Waals surface area contributed by atoms with Gasteiger partial charge in [-0.3, -0.25) is 0 Å². The Bertz CT molecular complexity index is 934. The Kier molecular flexibility index (Phi) is 4.62. The van der Waals surface area contributed by atoms with E-state index in [1.54, 1.807) is 18.3 Å². The third kappa shape index (κ3) is 3.76. The van der Waals surface area contributed by atoms with Crippen molar-refractivity contribution in [3.8, 4) is 11.9 Å². The predicted octanol–water partition coefficient (Wildman–Crippen LogP) is 1.99. The molecule has 0 atom stereocenters. The molecular formula is C16H12FN7O. The first-order valence-corrected chi connectivity index (χ1v) is 7.21. The Labute approximate surface area is 142 Å². The summed E-state index contributed by atoms with van der Waals surface area (Å²) < 4.78 is 14.6. The molecule has 0 aliphatic rings. The summed E-state index contributed by atoms with van der Waals surface area (Å²) >= 11 is 0. The zero-order valence-electron chi connectivity index (χ0n) is 12.8. The Morgan fingerprint density at radius 2 is 2.24 bits per heavy atom. The van der Waals surface area contributed by atoms with Gasteiger partial charge in [0.15, 0.2) is 5.82 Å². The molecule has 8 nitrogen and oxygen atoms in total. The third-order valence-corrected chi connectivity index (χ3v) is 3.29. The quantitative estimate of drug-likeness (QED) is 0.757. The molecule has 3 aromatic rings. The van der Waals surface area contributed by atoms with Crippen LogP contribution in [0.15, 0.2) is 49.2 Å². The highest BCUT2D eigenvalue weighted by Crippen LogP contribution is 2.16. The summed E-state index contributed by atoms with van der Waals surface area (Å²) in [6.07, 6.45) is 4.50. The maximum absolute atomic E-state index is 13.1. The van der Waals surface area contributed by atoms with Crippen molar-refractivity contribution in [1.82, 2.24) is 25.1 Å². The van der Waals surface area contributed by atoms with Gasteiger partial charge in [-0.25, -0.2) is 23.8 Å². The number of anilines is 1. The summed E-state index contributed by atoms with van der Waals surface area (Å²) in [5, 5.41) is 18.2. The first kappa shape index (κ1) is 16.1. The van der Waals surface area contributed by atoms with Crippen LogP contribution < -0.4 is 10.6 Å². The smallest absolute Gasteiger partial charge is 0.319 e. The summed E-state index contributed by atoms with van der Waals surface area (Å²) in [6, 6.07) is 8.39. The van der Waals surface area contributed by atoms with Crippen LogP contribution in [0.2, 0.25) is 0 Å². The number of benzene rings is 1. The van der Waals surface area contributed by atoms with Crippen molar-refractivity contribution in [2.24, 2.45) is 0 Å². The number of urea groups is 1. The molecule has 0 fully saturated rings. The van der Waals surface area contributed by atoms with E-state index in [9.17, 15) is 9.18 Å². The lowest BCUT2D eigenvalue weighted by Gasteiger charge is -2.11. The number of halogens is 1. The van der Waals surface area contributed by atoms with Gasteiger partial charge in [0.05, 0.1) is 11.3 Å². The molecule has 1 aromatic carbocycles. The van der Waals surface area contributed by atoms with Gasteiger partial charge in [0.2, 0.25) is 0 Å². The first-order chi connectivity index (χ1) is 12.2. The van der Waals surface area contributed by atoms with Crippen LogP contribution >= 0.6 is 0 Å². The molecule has 124 valence electrons. The van der Waals surface area contributed by atoms with Gasteiger partial charge in [-0.05, 0) is 24.3 Å². The highest BCUT2D eigenvalue weighted by molar-refractivity contribution is 5.90. The number of hydrogen-bond acceptors (Lipinski definition) is 5. The average Bonchev–Trinajstić information content (AvgIpc) is 3.16. The second-order valence-corrected chi connectivity index (χ2v) is 4.94. The van der Waals surface area contributed by atoms with E-state index >= 15 is 0 Å². The summed E-state index contributed by atoms with van der Waals surface area (Å²) in [6.45, 7) is 0.179. The van der Waals surface area contributed by atoms with Gasteiger partial charge in [-0.2, -0.15) is 10.4 Å². The van der Waals surface area contributed by atoms with E-state index in [2.05, 4.69) is 25.7 Å². The van der Waals surface area contributed by atoms with E-state index in [1.807, 2.05) is 6.07 Å². The second-order valence-electron chi connectivity index (χ2n) is 4.94. The molecule has 2 amide bonds. The predicted molar refractivity (Wildman–Crippen MR) is 86.1 cm³/mol. The highest BCUT2D eigenvalue weighted by Gasteiger charge is 2.10. The van der Waals surface area contributed by atoms with E-state index < -0.39 is 11.8 Å². The van der Waals surface area contributed by atoms with Crippen molar-refractivity contribution in [2.45, 2.75) is 6.54 Å². The zero-order valence-corrected chi connectivity index (χ0v) is 12.8. The normalized spacial score (nSPS) is 10.1. The number of pyridine rings is 1. The minimum absolute atomic E-state index is 0.0415. The van der Waals surface area contributed by atoms with E-state index in [-0.39, 0.29) is 17.8 Å². The number of carbonyl (C=O) groups is 1. The SMILES string of the molecule is N#Cc1cc(F)ccc1NC(=O)NCc1cccnc1-n1cncn1. The second kappa shape index (κ2) is 7.18. The highest BCUT2D eigenvalue weighted by atomic mass is 19.1. The van der Waals surface area contributed by atoms with Crippen LogP contribution in [-0.2, 0) is 6.54 Å². The van der Waals surface area contributed by atoms with Crippen LogP contribution in [0, 0.1) is 17.1 Å². The molecule has 0 saturated carbocycles. The van der Waals surface area contributed by atoms with Crippen molar-refractivity contribution in [3.05, 3.63) is 66.1 Å². The fourth-order valence-corrected chi connectivity index (χ4v) is 2.15. The average molecular weight is 337 g/mol. The molecule has 0 unspecified atom stereocenters. The van der Waals surface area contributed by atoms with Gasteiger partial charge in [0.1, 0.15) is 24.5 Å². The van der Waals surface area contributed by atoms with E-state index in [0.29, 0.717) is 5.82 Å². The molecular weight excluding hydrogens is 325 g/mol. The van der Waals surface area contributed by atoms with Crippen molar-refractivity contribution in [3.63, 3.8) is 0 Å². The molecule has 2 heterocycles. The monoisotopic (exact) mass is 337 g/mol. The molecule has 9 heteroatoms. The number of nitrogens with one attached hydrogen (secondary N) is 2. The largest absolute Gasteiger partial charge is 0.334 e. The van der Waals surface area contributed by atoms with Crippen LogP contribution in [0.3, 0.4) is 0 Å². The summed E-state index contributed by atoms with van der Waals surface area (Å²) in [5.74, 6) is -0.00450. The number of rotatable bonds is 4. The fraction of sp³-hybridized carbons (Fsp3) is 0.0625. The number of nitrogens with zero attached hydrogens (tertiary/aromatic N) is 5. The lowest BCUT2D eigenvalue weighted by atomic mass is 10.2. The molecule has 0 radical (unpaired) electrons. The van der Waals surface area contributed by atoms with Crippen LogP contribution in [0.25, 0.3) is 5.82 Å². The summed E-state index contributed by atoms with van der Waals surface area (Å²) in [7, 11) is 0. The van der Waals surface area contributed by atoms with Crippen LogP contribution in [0.5, 0.6) is 0 Å². The molecule has 0 aliphatic carbocycles. The zero-order chi connectivity index (χ0) is 17.6. The standard InChI is InChI=1S/C16H12FN7O/c17-13-3-4-14(12(6-13)7-18)23-16(25)21-8-11-2-1-5-20-15(11)24-10-19-9-22-24/h1-6,9-10H,8H2,(H2,21,23,25). The van der Waals surface area contributed by atoms with Crippen molar-refractivity contribution < 1.29 is 9.18 Å². The van der Waals surface area contributed by atoms with E-state index in [4.69, 9.17) is 5.26 Å². The molecule has 2 aromatic heterocycles. The maximum Gasteiger partial charge on any atom is 0.319 e. The number of aromatic nitrogens is 4. The lowest BCUT2D eigenvalue weighted by molar-refractivity contribution is 0.251. The van der Waals surface area contributed by atoms with Gasteiger partial charge in [0.25, 0.3) is 0 Å². The molecule has 0 bridgehead atoms. The van der Waals surface area contributed by atoms with Gasteiger partial charge in [-0.15, -0.1) is 0 Å². The van der Waals surface area contributed by atoms with Crippen LogP contribution in [0.1, 0.15) is 11.1 Å². The Balaban J connectivity index is 1.69. The minimum atomic E-state index is -0.546. The topological polar surface area (TPSA) is 109 Å². The van der Waals surface area contributed by atoms with Gasteiger partial charge >= 0.3 is 6.03 Å². The maximum atomic E-state index is 13.1. The number of carbonyl (C=O) groups excluding carboxylic acids is 1. The van der Waals surface area contributed by atoms with Crippen molar-refractivity contribution in [1.29, 1.82) is 5.26 Å². The Morgan fingerprint density at radius 3 is 3.00 bits per heavy atom. The molecule has 2 N–H and O–H groups in total. The molecule has 25 heavy (non-hydrogen) atoms. The Morgan fingerprint density at radius 1 is 1.36 bits per heavy atom. The molecule has 0 spiro atoms. The number of amides is 2. The van der Waals surface area contributed by atoms with Crippen molar-refractivity contribution in [2.75, 3.05) is 5.32 Å². The minimum Gasteiger partial charge on any atom is -0.334 e. The van der Waals surface area contributed by atoms with Crippen molar-refractivity contribution >= 4 is 11.7 Å². The number of nitriles is 1. The lowest BCUT2D eigenvalue weighted by Crippen LogP contribution is -2.29. The number of hydrogen-bond donors (Lipinski definition) is 2. The summed E-state index contributed by atoms with van der Waals surface area (Å²) in [4.78, 5) is 20.1. The van der Waals surface area contributed by atoms with Crippen LogP contribution in [-0.4, -0.2) is 25.8 Å². The van der Waals surface area contributed by atoms with E-state index in [0.717, 1.165) is 11.6 Å². The van der Waals surface area contributed by atoms with Gasteiger partial charge in [-0.1, -0.05) is 6.07 Å². The molecule has 0 aliphatic heterocycles.